The number of hydrogen-bond acceptors (Lipinski definition) is 4. The average molecular weight is 367 g/mol. The molecule has 0 aromatic heterocycles. The van der Waals surface area contributed by atoms with Gasteiger partial charge in [0.15, 0.2) is 6.04 Å². The fourth-order valence-corrected chi connectivity index (χ4v) is 3.88. The SMILES string of the molecule is CC1=CC=C(OCc2ccccc2)C(C(=O)N2CCN(C)CC2)N1C1CC1. The van der Waals surface area contributed by atoms with E-state index >= 15 is 0 Å². The zero-order valence-electron chi connectivity index (χ0n) is 16.3. The molecule has 2 fully saturated rings. The van der Waals surface area contributed by atoms with E-state index < -0.39 is 0 Å². The Morgan fingerprint density at radius 2 is 1.78 bits per heavy atom. The monoisotopic (exact) mass is 367 g/mol. The standard InChI is InChI=1S/C22H29N3O2/c1-17-8-11-20(27-16-18-6-4-3-5-7-18)21(25(17)19-9-10-19)22(26)24-14-12-23(2)13-15-24/h3-8,11,19,21H,9-10,12-16H2,1-2H3. The third-order valence-electron chi connectivity index (χ3n) is 5.68. The number of carbonyl (C=O) groups is 1. The maximum atomic E-state index is 13.5. The first kappa shape index (κ1) is 18.1. The molecule has 1 atom stereocenters. The zero-order valence-corrected chi connectivity index (χ0v) is 16.3. The normalized spacial score (nSPS) is 23.7. The summed E-state index contributed by atoms with van der Waals surface area (Å²) in [5, 5.41) is 0. The summed E-state index contributed by atoms with van der Waals surface area (Å²) in [7, 11) is 2.11. The molecule has 0 spiro atoms. The van der Waals surface area contributed by atoms with Crippen LogP contribution < -0.4 is 0 Å². The lowest BCUT2D eigenvalue weighted by molar-refractivity contribution is -0.138. The molecule has 0 N–H and O–H groups in total. The molecule has 1 saturated heterocycles. The molecule has 1 saturated carbocycles. The molecular formula is C22H29N3O2. The van der Waals surface area contributed by atoms with Gasteiger partial charge in [0.1, 0.15) is 12.4 Å². The third-order valence-corrected chi connectivity index (χ3v) is 5.68. The molecule has 3 aliphatic rings. The van der Waals surface area contributed by atoms with Gasteiger partial charge in [0.05, 0.1) is 0 Å². The van der Waals surface area contributed by atoms with Crippen LogP contribution in [0.2, 0.25) is 0 Å². The second-order valence-corrected chi connectivity index (χ2v) is 7.82. The first-order valence-electron chi connectivity index (χ1n) is 9.94. The molecule has 1 unspecified atom stereocenters. The van der Waals surface area contributed by atoms with Crippen molar-refractivity contribution in [1.82, 2.24) is 14.7 Å². The predicted molar refractivity (Wildman–Crippen MR) is 106 cm³/mol. The van der Waals surface area contributed by atoms with Gasteiger partial charge in [-0.3, -0.25) is 4.79 Å². The molecule has 0 radical (unpaired) electrons. The van der Waals surface area contributed by atoms with E-state index in [1.165, 1.54) is 0 Å². The minimum absolute atomic E-state index is 0.182. The number of benzene rings is 1. The van der Waals surface area contributed by atoms with E-state index in [2.05, 4.69) is 42.0 Å². The number of hydrogen-bond donors (Lipinski definition) is 0. The van der Waals surface area contributed by atoms with Crippen LogP contribution in [0.15, 0.2) is 53.9 Å². The number of nitrogens with zero attached hydrogens (tertiary/aromatic N) is 3. The molecule has 5 nitrogen and oxygen atoms in total. The highest BCUT2D eigenvalue weighted by atomic mass is 16.5. The summed E-state index contributed by atoms with van der Waals surface area (Å²) < 4.78 is 6.19. The van der Waals surface area contributed by atoms with Crippen LogP contribution in [0.5, 0.6) is 0 Å². The van der Waals surface area contributed by atoms with Gasteiger partial charge in [-0.1, -0.05) is 30.3 Å². The number of likely N-dealkylation sites (N-methyl/N-ethyl adjacent to an activating group) is 1. The Labute approximate surface area is 161 Å². The topological polar surface area (TPSA) is 36.0 Å². The van der Waals surface area contributed by atoms with Gasteiger partial charge in [-0.15, -0.1) is 0 Å². The Kier molecular flexibility index (Phi) is 5.21. The van der Waals surface area contributed by atoms with Crippen LogP contribution in [0.3, 0.4) is 0 Å². The van der Waals surface area contributed by atoms with Gasteiger partial charge in [0.25, 0.3) is 5.91 Å². The summed E-state index contributed by atoms with van der Waals surface area (Å²) in [4.78, 5) is 20.1. The van der Waals surface area contributed by atoms with Gasteiger partial charge in [-0.2, -0.15) is 0 Å². The molecule has 4 rings (SSSR count). The molecule has 2 heterocycles. The highest BCUT2D eigenvalue weighted by Crippen LogP contribution is 2.37. The van der Waals surface area contributed by atoms with E-state index in [1.807, 2.05) is 29.2 Å². The minimum atomic E-state index is -0.324. The number of rotatable bonds is 5. The minimum Gasteiger partial charge on any atom is -0.490 e. The van der Waals surface area contributed by atoms with Crippen molar-refractivity contribution >= 4 is 5.91 Å². The Hall–Kier alpha value is -2.27. The Bertz CT molecular complexity index is 731. The molecule has 1 aromatic carbocycles. The van der Waals surface area contributed by atoms with E-state index in [0.29, 0.717) is 12.6 Å². The van der Waals surface area contributed by atoms with Crippen molar-refractivity contribution < 1.29 is 9.53 Å². The zero-order chi connectivity index (χ0) is 18.8. The second kappa shape index (κ2) is 7.77. The molecule has 1 amide bonds. The number of carbonyl (C=O) groups excluding carboxylic acids is 1. The van der Waals surface area contributed by atoms with Crippen molar-refractivity contribution in [2.24, 2.45) is 0 Å². The van der Waals surface area contributed by atoms with Gasteiger partial charge >= 0.3 is 0 Å². The largest absolute Gasteiger partial charge is 0.490 e. The molecular weight excluding hydrogens is 338 g/mol. The van der Waals surface area contributed by atoms with E-state index in [1.54, 1.807) is 0 Å². The van der Waals surface area contributed by atoms with Gasteiger partial charge in [0, 0.05) is 37.9 Å². The quantitative estimate of drug-likeness (QED) is 0.802. The lowest BCUT2D eigenvalue weighted by Gasteiger charge is -2.41. The smallest absolute Gasteiger partial charge is 0.253 e. The first-order valence-corrected chi connectivity index (χ1v) is 9.94. The Morgan fingerprint density at radius 1 is 1.07 bits per heavy atom. The lowest BCUT2D eigenvalue weighted by Crippen LogP contribution is -2.55. The van der Waals surface area contributed by atoms with Crippen LogP contribution in [0, 0.1) is 0 Å². The van der Waals surface area contributed by atoms with Crippen LogP contribution in [0.1, 0.15) is 25.3 Å². The van der Waals surface area contributed by atoms with E-state index in [0.717, 1.165) is 56.0 Å². The van der Waals surface area contributed by atoms with E-state index in [4.69, 9.17) is 4.74 Å². The van der Waals surface area contributed by atoms with Gasteiger partial charge in [-0.05, 0) is 44.5 Å². The molecule has 0 bridgehead atoms. The van der Waals surface area contributed by atoms with Crippen LogP contribution in [0.25, 0.3) is 0 Å². The van der Waals surface area contributed by atoms with Crippen molar-refractivity contribution in [3.05, 3.63) is 59.5 Å². The van der Waals surface area contributed by atoms with E-state index in [-0.39, 0.29) is 11.9 Å². The molecule has 2 aliphatic heterocycles. The lowest BCUT2D eigenvalue weighted by atomic mass is 10.1. The van der Waals surface area contributed by atoms with Crippen LogP contribution in [-0.2, 0) is 16.1 Å². The maximum absolute atomic E-state index is 13.5. The number of allylic oxidation sites excluding steroid dienone is 3. The van der Waals surface area contributed by atoms with Crippen molar-refractivity contribution in [2.45, 2.75) is 38.5 Å². The summed E-state index contributed by atoms with van der Waals surface area (Å²) in [6.07, 6.45) is 6.40. The number of ether oxygens (including phenoxy) is 1. The molecule has 1 aliphatic carbocycles. The van der Waals surface area contributed by atoms with Gasteiger partial charge in [-0.25, -0.2) is 0 Å². The predicted octanol–water partition coefficient (Wildman–Crippen LogP) is 2.61. The highest BCUT2D eigenvalue weighted by molar-refractivity contribution is 5.85. The summed E-state index contributed by atoms with van der Waals surface area (Å²) in [5.41, 5.74) is 2.28. The highest BCUT2D eigenvalue weighted by Gasteiger charge is 2.43. The van der Waals surface area contributed by atoms with Crippen LogP contribution in [-0.4, -0.2) is 65.9 Å². The summed E-state index contributed by atoms with van der Waals surface area (Å²) in [6.45, 7) is 6.04. The number of amides is 1. The molecule has 1 aromatic rings. The van der Waals surface area contributed by atoms with Crippen LogP contribution in [0.4, 0.5) is 0 Å². The summed E-state index contributed by atoms with van der Waals surface area (Å²) in [5.74, 6) is 0.960. The van der Waals surface area contributed by atoms with Crippen LogP contribution >= 0.6 is 0 Å². The first-order chi connectivity index (χ1) is 13.1. The van der Waals surface area contributed by atoms with Crippen molar-refractivity contribution in [2.75, 3.05) is 33.2 Å². The Balaban J connectivity index is 1.54. The Morgan fingerprint density at radius 3 is 2.44 bits per heavy atom. The van der Waals surface area contributed by atoms with E-state index in [9.17, 15) is 4.79 Å². The van der Waals surface area contributed by atoms with Crippen molar-refractivity contribution in [1.29, 1.82) is 0 Å². The fourth-order valence-electron chi connectivity index (χ4n) is 3.88. The third kappa shape index (κ3) is 4.03. The molecule has 144 valence electrons. The molecule has 27 heavy (non-hydrogen) atoms. The summed E-state index contributed by atoms with van der Waals surface area (Å²) in [6, 6.07) is 10.3. The number of piperazine rings is 1. The van der Waals surface area contributed by atoms with Gasteiger partial charge in [0.2, 0.25) is 0 Å². The summed E-state index contributed by atoms with van der Waals surface area (Å²) >= 11 is 0. The van der Waals surface area contributed by atoms with Crippen molar-refractivity contribution in [3.63, 3.8) is 0 Å². The maximum Gasteiger partial charge on any atom is 0.253 e. The van der Waals surface area contributed by atoms with Crippen molar-refractivity contribution in [3.8, 4) is 0 Å². The fraction of sp³-hybridized carbons (Fsp3) is 0.500. The second-order valence-electron chi connectivity index (χ2n) is 7.82. The molecule has 5 heteroatoms. The van der Waals surface area contributed by atoms with Gasteiger partial charge < -0.3 is 19.4 Å². The average Bonchev–Trinajstić information content (AvgIpc) is 3.52.